The summed E-state index contributed by atoms with van der Waals surface area (Å²) in [5.41, 5.74) is -0.835. The zero-order valence-electron chi connectivity index (χ0n) is 20.0. The summed E-state index contributed by atoms with van der Waals surface area (Å²) in [4.78, 5) is 30.2. The highest BCUT2D eigenvalue weighted by Gasteiger charge is 2.57. The highest BCUT2D eigenvalue weighted by molar-refractivity contribution is 8.02. The molecule has 0 radical (unpaired) electrons. The van der Waals surface area contributed by atoms with Gasteiger partial charge >= 0.3 is 12.1 Å². The summed E-state index contributed by atoms with van der Waals surface area (Å²) in [7, 11) is 0. The van der Waals surface area contributed by atoms with Crippen LogP contribution >= 0.6 is 23.4 Å². The molecule has 0 aromatic heterocycles. The topological polar surface area (TPSA) is 93.8 Å². The summed E-state index contributed by atoms with van der Waals surface area (Å²) >= 11 is 7.50. The minimum absolute atomic E-state index is 0.0500. The number of hydrogen-bond donors (Lipinski definition) is 2. The van der Waals surface area contributed by atoms with E-state index in [-0.39, 0.29) is 27.5 Å². The number of halogens is 4. The van der Waals surface area contributed by atoms with Gasteiger partial charge in [0.2, 0.25) is 0 Å². The Morgan fingerprint density at radius 2 is 1.64 bits per heavy atom. The number of rotatable bonds is 6. The number of para-hydroxylation sites is 1. The van der Waals surface area contributed by atoms with Crippen molar-refractivity contribution in [2.75, 3.05) is 0 Å². The first-order valence-electron chi connectivity index (χ1n) is 10.9. The first-order chi connectivity index (χ1) is 16.5. The molecule has 192 valence electrons. The van der Waals surface area contributed by atoms with Crippen LogP contribution in [0, 0.1) is 5.41 Å². The van der Waals surface area contributed by atoms with Gasteiger partial charge in [0.25, 0.3) is 5.91 Å². The quantitative estimate of drug-likeness (QED) is 0.405. The molecule has 2 aromatic rings. The van der Waals surface area contributed by atoms with Crippen molar-refractivity contribution in [3.8, 4) is 0 Å². The third kappa shape index (κ3) is 5.75. The van der Waals surface area contributed by atoms with Crippen molar-refractivity contribution in [3.63, 3.8) is 0 Å². The Balaban J connectivity index is 2.00. The molecule has 1 unspecified atom stereocenters. The molecule has 11 heteroatoms. The van der Waals surface area contributed by atoms with E-state index in [2.05, 4.69) is 4.99 Å². The van der Waals surface area contributed by atoms with Gasteiger partial charge in [0, 0.05) is 16.7 Å². The average molecular weight is 540 g/mol. The Hall–Kier alpha value is -2.85. The maximum absolute atomic E-state index is 13.4. The van der Waals surface area contributed by atoms with Crippen LogP contribution in [0.2, 0.25) is 5.02 Å². The van der Waals surface area contributed by atoms with Gasteiger partial charge in [-0.05, 0) is 57.5 Å². The van der Waals surface area contributed by atoms with Crippen molar-refractivity contribution in [2.45, 2.75) is 56.0 Å². The number of hydrogen-bond acceptors (Lipinski definition) is 5. The minimum Gasteiger partial charge on any atom is -0.480 e. The summed E-state index contributed by atoms with van der Waals surface area (Å²) in [5.74, 6) is -1.63. The second-order valence-electron chi connectivity index (χ2n) is 9.31. The van der Waals surface area contributed by atoms with E-state index in [0.717, 1.165) is 0 Å². The number of aliphatic carboxylic acids is 1. The van der Waals surface area contributed by atoms with Gasteiger partial charge in [-0.25, -0.2) is 4.79 Å². The molecule has 0 saturated carbocycles. The van der Waals surface area contributed by atoms with Gasteiger partial charge in [-0.15, -0.1) is 11.8 Å². The predicted molar refractivity (Wildman–Crippen MR) is 136 cm³/mol. The van der Waals surface area contributed by atoms with E-state index in [1.807, 2.05) is 0 Å². The van der Waals surface area contributed by atoms with Gasteiger partial charge in [0.15, 0.2) is 0 Å². The molecule has 3 rings (SSSR count). The van der Waals surface area contributed by atoms with Crippen molar-refractivity contribution in [3.05, 3.63) is 64.7 Å². The summed E-state index contributed by atoms with van der Waals surface area (Å²) in [6.45, 7) is 7.07. The molecule has 1 fully saturated rings. The Morgan fingerprint density at radius 1 is 1.08 bits per heavy atom. The molecule has 36 heavy (non-hydrogen) atoms. The second-order valence-corrected chi connectivity index (χ2v) is 12.0. The Bertz CT molecular complexity index is 1230. The smallest absolute Gasteiger partial charge is 0.429 e. The molecule has 2 aromatic carbocycles. The Kier molecular flexibility index (Phi) is 7.62. The van der Waals surface area contributed by atoms with Crippen molar-refractivity contribution < 1.29 is 27.9 Å². The van der Waals surface area contributed by atoms with Gasteiger partial charge in [-0.3, -0.25) is 9.79 Å². The molecule has 1 saturated heterocycles. The molecular formula is C25H25ClF3N3O3S. The molecule has 0 spiro atoms. The number of carbonyl (C=O) groups excluding carboxylic acids is 1. The molecule has 6 nitrogen and oxygen atoms in total. The van der Waals surface area contributed by atoms with Crippen LogP contribution < -0.4 is 0 Å². The monoisotopic (exact) mass is 539 g/mol. The summed E-state index contributed by atoms with van der Waals surface area (Å²) < 4.78 is 38.6. The maximum Gasteiger partial charge on any atom is 0.429 e. The second kappa shape index (κ2) is 9.89. The van der Waals surface area contributed by atoms with Crippen LogP contribution in [-0.4, -0.2) is 55.1 Å². The van der Waals surface area contributed by atoms with Crippen LogP contribution in [-0.2, 0) is 4.79 Å². The van der Waals surface area contributed by atoms with Crippen LogP contribution in [0.1, 0.15) is 50.0 Å². The third-order valence-corrected chi connectivity index (χ3v) is 7.49. The highest BCUT2D eigenvalue weighted by atomic mass is 35.5. The van der Waals surface area contributed by atoms with Crippen molar-refractivity contribution in [1.29, 1.82) is 5.41 Å². The first-order valence-corrected chi connectivity index (χ1v) is 12.1. The fourth-order valence-corrected chi connectivity index (χ4v) is 6.32. The van der Waals surface area contributed by atoms with E-state index in [9.17, 15) is 27.9 Å². The van der Waals surface area contributed by atoms with Crippen LogP contribution in [0.15, 0.2) is 53.5 Å². The number of carboxylic acids is 1. The third-order valence-electron chi connectivity index (χ3n) is 5.72. The van der Waals surface area contributed by atoms with Crippen LogP contribution in [0.3, 0.4) is 0 Å². The number of carbonyl (C=O) groups is 2. The fraction of sp³-hybridized carbons (Fsp3) is 0.360. The van der Waals surface area contributed by atoms with Crippen LogP contribution in [0.4, 0.5) is 18.9 Å². The fourth-order valence-electron chi connectivity index (χ4n) is 4.25. The summed E-state index contributed by atoms with van der Waals surface area (Å²) in [6.07, 6.45) is -5.62. The van der Waals surface area contributed by atoms with E-state index >= 15 is 0 Å². The number of benzene rings is 2. The molecule has 2 N–H and O–H groups in total. The lowest BCUT2D eigenvalue weighted by Gasteiger charge is -2.33. The van der Waals surface area contributed by atoms with Gasteiger partial charge < -0.3 is 15.4 Å². The highest BCUT2D eigenvalue weighted by Crippen LogP contribution is 2.51. The van der Waals surface area contributed by atoms with Gasteiger partial charge in [-0.2, -0.15) is 13.2 Å². The molecular weight excluding hydrogens is 515 g/mol. The zero-order valence-corrected chi connectivity index (χ0v) is 21.6. The largest absolute Gasteiger partial charge is 0.480 e. The lowest BCUT2D eigenvalue weighted by molar-refractivity contribution is -0.143. The normalized spacial score (nSPS) is 19.3. The Morgan fingerprint density at radius 3 is 2.17 bits per heavy atom. The van der Waals surface area contributed by atoms with E-state index in [1.165, 1.54) is 40.9 Å². The molecule has 1 amide bonds. The molecule has 0 aliphatic carbocycles. The molecule has 1 atom stereocenters. The SMILES string of the molecule is CC1(C)SC(C)(C)N(C(=O)c2ccc(C(CC(=N)C(F)(F)F)=Nc3ccccc3Cl)cc2)C1C(=O)O. The van der Waals surface area contributed by atoms with Crippen LogP contribution in [0.5, 0.6) is 0 Å². The molecule has 0 bridgehead atoms. The first kappa shape index (κ1) is 27.7. The van der Waals surface area contributed by atoms with E-state index in [1.54, 1.807) is 52.0 Å². The zero-order chi connectivity index (χ0) is 27.1. The number of nitrogens with one attached hydrogen (secondary N) is 1. The van der Waals surface area contributed by atoms with Gasteiger partial charge in [0.05, 0.1) is 21.3 Å². The molecule has 1 aliphatic heterocycles. The van der Waals surface area contributed by atoms with Gasteiger partial charge in [-0.1, -0.05) is 35.9 Å². The standard InChI is InChI=1S/C25H25ClF3N3O3S/c1-23(2)20(22(34)35)32(24(3,4)36-23)21(33)15-11-9-14(10-12-15)18(13-19(30)25(27,28)29)31-17-8-6-5-7-16(17)26/h5-12,20,30H,13H2,1-4H3,(H,34,35). The number of nitrogens with zero attached hydrogens (tertiary/aromatic N) is 2. The van der Waals surface area contributed by atoms with Crippen molar-refractivity contribution in [2.24, 2.45) is 4.99 Å². The van der Waals surface area contributed by atoms with Gasteiger partial charge in [0.1, 0.15) is 11.8 Å². The van der Waals surface area contributed by atoms with E-state index in [4.69, 9.17) is 17.0 Å². The molecule has 1 aliphatic rings. The van der Waals surface area contributed by atoms with E-state index < -0.39 is 45.8 Å². The number of aliphatic imine (C=N–C) groups is 1. The minimum atomic E-state index is -4.82. The number of alkyl halides is 3. The summed E-state index contributed by atoms with van der Waals surface area (Å²) in [6, 6.07) is 11.0. The number of carboxylic acid groups (broad SMARTS) is 1. The van der Waals surface area contributed by atoms with Crippen LogP contribution in [0.25, 0.3) is 0 Å². The van der Waals surface area contributed by atoms with E-state index in [0.29, 0.717) is 0 Å². The maximum atomic E-state index is 13.4. The molecule has 1 heterocycles. The Labute approximate surface area is 216 Å². The van der Waals surface area contributed by atoms with Crippen molar-refractivity contribution >= 4 is 52.4 Å². The lowest BCUT2D eigenvalue weighted by Crippen LogP contribution is -2.53. The number of amides is 1. The summed E-state index contributed by atoms with van der Waals surface area (Å²) in [5, 5.41) is 17.5. The van der Waals surface area contributed by atoms with Crippen molar-refractivity contribution in [1.82, 2.24) is 4.90 Å². The predicted octanol–water partition coefficient (Wildman–Crippen LogP) is 6.59. The lowest BCUT2D eigenvalue weighted by atomic mass is 9.98. The average Bonchev–Trinajstić information content (AvgIpc) is 2.96. The number of thioether (sulfide) groups is 1.